The van der Waals surface area contributed by atoms with E-state index in [9.17, 15) is 4.79 Å². The molecule has 0 aromatic heterocycles. The first kappa shape index (κ1) is 19.1. The van der Waals surface area contributed by atoms with Crippen LogP contribution in [-0.2, 0) is 23.7 Å². The second-order valence-electron chi connectivity index (χ2n) is 7.33. The van der Waals surface area contributed by atoms with Crippen molar-refractivity contribution in [2.75, 3.05) is 20.3 Å². The Hall–Kier alpha value is -1.67. The number of carbonyl (C=O) groups excluding carboxylic acids is 1. The molecule has 0 spiro atoms. The maximum absolute atomic E-state index is 11.5. The number of rotatable bonds is 5. The molecule has 3 rings (SSSR count). The minimum absolute atomic E-state index is 0.220. The quantitative estimate of drug-likeness (QED) is 0.742. The summed E-state index contributed by atoms with van der Waals surface area (Å²) in [7, 11) is 1.35. The van der Waals surface area contributed by atoms with Gasteiger partial charge >= 0.3 is 5.97 Å². The van der Waals surface area contributed by atoms with Crippen LogP contribution in [0.5, 0.6) is 5.75 Å². The molecular formula is C19H26O7. The fourth-order valence-electron chi connectivity index (χ4n) is 3.17. The molecule has 0 N–H and O–H groups in total. The summed E-state index contributed by atoms with van der Waals surface area (Å²) in [6, 6.07) is 6.76. The molecule has 7 nitrogen and oxygen atoms in total. The van der Waals surface area contributed by atoms with Crippen LogP contribution in [0.4, 0.5) is 0 Å². The first-order chi connectivity index (χ1) is 12.2. The maximum Gasteiger partial charge on any atom is 0.337 e. The third kappa shape index (κ3) is 4.35. The van der Waals surface area contributed by atoms with Crippen molar-refractivity contribution < 1.29 is 33.2 Å². The molecule has 0 radical (unpaired) electrons. The lowest BCUT2D eigenvalue weighted by molar-refractivity contribution is -0.174. The first-order valence-corrected chi connectivity index (χ1v) is 8.68. The van der Waals surface area contributed by atoms with Crippen molar-refractivity contribution in [2.45, 2.75) is 57.6 Å². The number of carbonyl (C=O) groups is 1. The van der Waals surface area contributed by atoms with Gasteiger partial charge in [0.05, 0.1) is 19.3 Å². The number of methoxy groups -OCH3 is 1. The second-order valence-corrected chi connectivity index (χ2v) is 7.33. The van der Waals surface area contributed by atoms with Gasteiger partial charge in [-0.15, -0.1) is 0 Å². The van der Waals surface area contributed by atoms with Gasteiger partial charge in [-0.25, -0.2) is 4.79 Å². The molecule has 3 atom stereocenters. The molecule has 7 heteroatoms. The van der Waals surface area contributed by atoms with Crippen molar-refractivity contribution in [1.82, 2.24) is 0 Å². The molecule has 144 valence electrons. The van der Waals surface area contributed by atoms with E-state index in [-0.39, 0.29) is 24.3 Å². The smallest absolute Gasteiger partial charge is 0.337 e. The highest BCUT2D eigenvalue weighted by atomic mass is 16.8. The summed E-state index contributed by atoms with van der Waals surface area (Å²) in [6.45, 7) is 8.23. The molecule has 26 heavy (non-hydrogen) atoms. The zero-order valence-corrected chi connectivity index (χ0v) is 15.8. The Morgan fingerprint density at radius 1 is 1.08 bits per heavy atom. The Labute approximate surface area is 153 Å². The molecule has 2 saturated heterocycles. The van der Waals surface area contributed by atoms with Gasteiger partial charge < -0.3 is 28.4 Å². The van der Waals surface area contributed by atoms with Crippen molar-refractivity contribution in [2.24, 2.45) is 0 Å². The molecule has 0 bridgehead atoms. The van der Waals surface area contributed by atoms with Crippen LogP contribution in [0.1, 0.15) is 38.1 Å². The van der Waals surface area contributed by atoms with E-state index in [0.717, 1.165) is 0 Å². The van der Waals surface area contributed by atoms with Crippen molar-refractivity contribution >= 4 is 5.97 Å². The molecule has 2 fully saturated rings. The molecule has 0 amide bonds. The predicted molar refractivity (Wildman–Crippen MR) is 92.0 cm³/mol. The Kier molecular flexibility index (Phi) is 5.25. The first-order valence-electron chi connectivity index (χ1n) is 8.68. The van der Waals surface area contributed by atoms with Gasteiger partial charge in [0.15, 0.2) is 11.6 Å². The third-order valence-corrected chi connectivity index (χ3v) is 4.31. The minimum atomic E-state index is -0.719. The number of ether oxygens (including phenoxy) is 6. The van der Waals surface area contributed by atoms with Gasteiger partial charge in [-0.3, -0.25) is 0 Å². The number of hydrogen-bond acceptors (Lipinski definition) is 7. The summed E-state index contributed by atoms with van der Waals surface area (Å²) in [5.41, 5.74) is 0.470. The number of benzene rings is 1. The van der Waals surface area contributed by atoms with Gasteiger partial charge in [-0.05, 0) is 52.0 Å². The number of esters is 1. The van der Waals surface area contributed by atoms with Crippen molar-refractivity contribution in [3.8, 4) is 5.75 Å². The highest BCUT2D eigenvalue weighted by Crippen LogP contribution is 2.35. The zero-order chi connectivity index (χ0) is 18.9. The molecule has 2 heterocycles. The molecule has 1 aromatic carbocycles. The second kappa shape index (κ2) is 7.15. The van der Waals surface area contributed by atoms with Gasteiger partial charge in [-0.2, -0.15) is 0 Å². The zero-order valence-electron chi connectivity index (χ0n) is 15.8. The topological polar surface area (TPSA) is 72.5 Å². The van der Waals surface area contributed by atoms with Crippen LogP contribution in [-0.4, -0.2) is 56.2 Å². The largest absolute Gasteiger partial charge is 0.491 e. The predicted octanol–water partition coefficient (Wildman–Crippen LogP) is 2.52. The average Bonchev–Trinajstić information content (AvgIpc) is 3.11. The third-order valence-electron chi connectivity index (χ3n) is 4.31. The molecule has 0 unspecified atom stereocenters. The summed E-state index contributed by atoms with van der Waals surface area (Å²) in [6.07, 6.45) is -0.809. The minimum Gasteiger partial charge on any atom is -0.491 e. The van der Waals surface area contributed by atoms with E-state index in [2.05, 4.69) is 4.74 Å². The average molecular weight is 366 g/mol. The maximum atomic E-state index is 11.5. The fraction of sp³-hybridized carbons (Fsp3) is 0.632. The van der Waals surface area contributed by atoms with Crippen molar-refractivity contribution in [1.29, 1.82) is 0 Å². The van der Waals surface area contributed by atoms with E-state index in [4.69, 9.17) is 23.7 Å². The number of hydrogen-bond donors (Lipinski definition) is 0. The normalized spacial score (nSPS) is 29.5. The fourth-order valence-corrected chi connectivity index (χ4v) is 3.17. The van der Waals surface area contributed by atoms with E-state index in [1.54, 1.807) is 24.3 Å². The monoisotopic (exact) mass is 366 g/mol. The standard InChI is InChI=1S/C19H26O7/c1-18(2)23-11-15(24-18)16-14(25-19(3,4)26-16)10-22-13-8-6-12(7-9-13)17(20)21-5/h6-9,14-16H,10-11H2,1-5H3/t14-,15-,16+/m1/s1. The molecule has 0 aliphatic carbocycles. The van der Waals surface area contributed by atoms with Crippen LogP contribution in [0.15, 0.2) is 24.3 Å². The lowest BCUT2D eigenvalue weighted by atomic mass is 10.1. The van der Waals surface area contributed by atoms with Crippen LogP contribution in [0.25, 0.3) is 0 Å². The van der Waals surface area contributed by atoms with Crippen LogP contribution >= 0.6 is 0 Å². The Bertz CT molecular complexity index is 638. The van der Waals surface area contributed by atoms with Crippen molar-refractivity contribution in [3.63, 3.8) is 0 Å². The summed E-state index contributed by atoms with van der Waals surface area (Å²) in [4.78, 5) is 11.5. The van der Waals surface area contributed by atoms with E-state index < -0.39 is 11.6 Å². The lowest BCUT2D eigenvalue weighted by Crippen LogP contribution is -2.40. The molecule has 1 aromatic rings. The van der Waals surface area contributed by atoms with Gasteiger partial charge in [-0.1, -0.05) is 0 Å². The van der Waals surface area contributed by atoms with Gasteiger partial charge in [0.25, 0.3) is 0 Å². The van der Waals surface area contributed by atoms with Gasteiger partial charge in [0, 0.05) is 0 Å². The molecule has 0 saturated carbocycles. The van der Waals surface area contributed by atoms with E-state index in [1.165, 1.54) is 7.11 Å². The van der Waals surface area contributed by atoms with Gasteiger partial charge in [0.2, 0.25) is 0 Å². The van der Waals surface area contributed by atoms with Crippen LogP contribution < -0.4 is 4.74 Å². The summed E-state index contributed by atoms with van der Waals surface area (Å²) < 4.78 is 34.1. The van der Waals surface area contributed by atoms with Gasteiger partial charge in [0.1, 0.15) is 30.7 Å². The van der Waals surface area contributed by atoms with E-state index >= 15 is 0 Å². The lowest BCUT2D eigenvalue weighted by Gasteiger charge is -2.23. The summed E-state index contributed by atoms with van der Waals surface area (Å²) in [5, 5.41) is 0. The highest BCUT2D eigenvalue weighted by Gasteiger charge is 2.49. The van der Waals surface area contributed by atoms with Crippen molar-refractivity contribution in [3.05, 3.63) is 29.8 Å². The Balaban J connectivity index is 1.62. The molecular weight excluding hydrogens is 340 g/mol. The van der Waals surface area contributed by atoms with Crippen LogP contribution in [0, 0.1) is 0 Å². The summed E-state index contributed by atoms with van der Waals surface area (Å²) >= 11 is 0. The highest BCUT2D eigenvalue weighted by molar-refractivity contribution is 5.89. The summed E-state index contributed by atoms with van der Waals surface area (Å²) in [5.74, 6) is -1.10. The van der Waals surface area contributed by atoms with E-state index in [1.807, 2.05) is 27.7 Å². The van der Waals surface area contributed by atoms with E-state index in [0.29, 0.717) is 24.5 Å². The van der Waals surface area contributed by atoms with Crippen LogP contribution in [0.3, 0.4) is 0 Å². The molecule has 2 aliphatic rings. The SMILES string of the molecule is COC(=O)c1ccc(OC[C@H]2OC(C)(C)O[C@@H]2[C@H]2COC(C)(C)O2)cc1. The Morgan fingerprint density at radius 2 is 1.77 bits per heavy atom. The molecule has 2 aliphatic heterocycles. The Morgan fingerprint density at radius 3 is 2.35 bits per heavy atom. The van der Waals surface area contributed by atoms with Crippen LogP contribution in [0.2, 0.25) is 0 Å².